The van der Waals surface area contributed by atoms with E-state index in [1.54, 1.807) is 0 Å². The highest BCUT2D eigenvalue weighted by molar-refractivity contribution is 7.59. The Kier molecular flexibility index (Phi) is 8.10. The Balaban J connectivity index is 0. The van der Waals surface area contributed by atoms with Crippen LogP contribution in [0, 0.1) is 0 Å². The van der Waals surface area contributed by atoms with E-state index in [-0.39, 0.29) is 5.78 Å². The number of Topliss-reactive ketones (excluding diaryl/α,β-unsaturated/α-hetero) is 1. The van der Waals surface area contributed by atoms with Crippen LogP contribution in [0.1, 0.15) is 13.8 Å². The van der Waals surface area contributed by atoms with Crippen molar-refractivity contribution in [3.05, 3.63) is 0 Å². The molecule has 0 heterocycles. The maximum absolute atomic E-state index is 9.44. The van der Waals surface area contributed by atoms with Crippen LogP contribution in [0.25, 0.3) is 0 Å². The summed E-state index contributed by atoms with van der Waals surface area (Å²) in [5.74, 6) is 0.167. The van der Waals surface area contributed by atoms with E-state index in [0.29, 0.717) is 0 Å². The first-order chi connectivity index (χ1) is 3.46. The number of carbonyl (C=O) groups excluding carboxylic acids is 1. The molecule has 0 unspecified atom stereocenters. The molecule has 48 valence electrons. The zero-order valence-corrected chi connectivity index (χ0v) is 5.36. The topological polar surface area (TPSA) is 68.3 Å². The highest BCUT2D eigenvalue weighted by atomic mass is 32.2. The minimum absolute atomic E-state index is 0.167. The monoisotopic (exact) mass is 138 g/mol. The van der Waals surface area contributed by atoms with Gasteiger partial charge in [-0.15, -0.1) is 12.6 Å². The molecule has 0 aliphatic carbocycles. The summed E-state index contributed by atoms with van der Waals surface area (Å²) in [5.41, 5.74) is 0. The average molecular weight is 138 g/mol. The summed E-state index contributed by atoms with van der Waals surface area (Å²) in [5, 5.41) is 0. The molecule has 0 aliphatic heterocycles. The van der Waals surface area contributed by atoms with Gasteiger partial charge in [-0.25, -0.2) is 0 Å². The van der Waals surface area contributed by atoms with Gasteiger partial charge in [0.2, 0.25) is 0 Å². The molecule has 0 aromatic heterocycles. The van der Waals surface area contributed by atoms with Gasteiger partial charge < -0.3 is 4.79 Å². The molecule has 0 bridgehead atoms. The second-order valence-corrected chi connectivity index (χ2v) is 1.52. The summed E-state index contributed by atoms with van der Waals surface area (Å²) in [6, 6.07) is 0. The van der Waals surface area contributed by atoms with Crippen molar-refractivity contribution in [2.75, 3.05) is 0 Å². The molecular weight excluding hydrogens is 132 g/mol. The van der Waals surface area contributed by atoms with Gasteiger partial charge in [0, 0.05) is 0 Å². The Labute approximate surface area is 48.6 Å². The Hall–Kier alpha value is -0.710. The molecule has 0 rings (SSSR count). The summed E-state index contributed by atoms with van der Waals surface area (Å²) in [4.78, 5) is 9.44. The van der Waals surface area contributed by atoms with Gasteiger partial charge in [-0.3, -0.25) is 0 Å². The van der Waals surface area contributed by atoms with Crippen LogP contribution in [-0.4, -0.2) is 18.4 Å². The lowest BCUT2D eigenvalue weighted by molar-refractivity contribution is -0.114. The quantitative estimate of drug-likeness (QED) is 0.456. The van der Waals surface area contributed by atoms with Crippen LogP contribution in [0.2, 0.25) is 0 Å². The van der Waals surface area contributed by atoms with E-state index in [9.17, 15) is 4.79 Å². The minimum Gasteiger partial charge on any atom is -0.300 e. The summed E-state index contributed by atoms with van der Waals surface area (Å²) in [7, 11) is -3.11. The third-order valence-corrected chi connectivity index (χ3v) is 0. The third kappa shape index (κ3) is 193. The SMILES string of the molecule is CC(C)=O.O=S(=O)=O. The zero-order chi connectivity index (χ0) is 7.15. The predicted octanol–water partition coefficient (Wildman–Crippen LogP) is -0.409. The van der Waals surface area contributed by atoms with Gasteiger partial charge in [0.25, 0.3) is 0 Å². The molecule has 5 heteroatoms. The van der Waals surface area contributed by atoms with Crippen LogP contribution >= 0.6 is 0 Å². The molecule has 0 aliphatic rings. The van der Waals surface area contributed by atoms with Crippen molar-refractivity contribution in [3.63, 3.8) is 0 Å². The van der Waals surface area contributed by atoms with Crippen LogP contribution in [0.5, 0.6) is 0 Å². The fourth-order valence-electron chi connectivity index (χ4n) is 0. The lowest BCUT2D eigenvalue weighted by atomic mass is 10.6. The molecule has 0 amide bonds. The Bertz CT molecular complexity index is 140. The molecule has 0 aromatic rings. The van der Waals surface area contributed by atoms with Gasteiger partial charge in [0.1, 0.15) is 5.78 Å². The fraction of sp³-hybridized carbons (Fsp3) is 0.667. The lowest BCUT2D eigenvalue weighted by Crippen LogP contribution is -1.69. The van der Waals surface area contributed by atoms with Gasteiger partial charge in [0.15, 0.2) is 0 Å². The number of hydrogen-bond donors (Lipinski definition) is 0. The molecule has 0 saturated carbocycles. The van der Waals surface area contributed by atoms with E-state index < -0.39 is 10.6 Å². The van der Waals surface area contributed by atoms with E-state index in [2.05, 4.69) is 0 Å². The molecule has 0 saturated heterocycles. The van der Waals surface area contributed by atoms with E-state index >= 15 is 0 Å². The van der Waals surface area contributed by atoms with E-state index in [1.807, 2.05) is 0 Å². The minimum atomic E-state index is -3.11. The van der Waals surface area contributed by atoms with E-state index in [4.69, 9.17) is 12.6 Å². The highest BCUT2D eigenvalue weighted by Gasteiger charge is 1.62. The van der Waals surface area contributed by atoms with Crippen molar-refractivity contribution >= 4 is 16.4 Å². The lowest BCUT2D eigenvalue weighted by Gasteiger charge is -1.56. The number of carbonyl (C=O) groups is 1. The van der Waals surface area contributed by atoms with E-state index in [0.717, 1.165) is 0 Å². The number of rotatable bonds is 0. The van der Waals surface area contributed by atoms with Crippen LogP contribution in [0.4, 0.5) is 0 Å². The Morgan fingerprint density at radius 2 is 1.12 bits per heavy atom. The summed E-state index contributed by atoms with van der Waals surface area (Å²) in [6.07, 6.45) is 0. The third-order valence-electron chi connectivity index (χ3n) is 0. The second kappa shape index (κ2) is 6.29. The average Bonchev–Trinajstić information content (AvgIpc) is 1.25. The van der Waals surface area contributed by atoms with Crippen LogP contribution in [0.3, 0.4) is 0 Å². The van der Waals surface area contributed by atoms with Crippen molar-refractivity contribution in [2.45, 2.75) is 13.8 Å². The van der Waals surface area contributed by atoms with Gasteiger partial charge in [0.05, 0.1) is 0 Å². The second-order valence-electron chi connectivity index (χ2n) is 1.11. The predicted molar refractivity (Wildman–Crippen MR) is 26.1 cm³/mol. The van der Waals surface area contributed by atoms with Gasteiger partial charge in [-0.1, -0.05) is 0 Å². The molecule has 8 heavy (non-hydrogen) atoms. The molecule has 0 N–H and O–H groups in total. The van der Waals surface area contributed by atoms with Gasteiger partial charge in [-0.05, 0) is 13.8 Å². The molecular formula is C3H6O4S. The fourth-order valence-corrected chi connectivity index (χ4v) is 0. The Morgan fingerprint density at radius 1 is 1.12 bits per heavy atom. The zero-order valence-electron chi connectivity index (χ0n) is 4.54. The first kappa shape index (κ1) is 10.3. The first-order valence-corrected chi connectivity index (χ1v) is 2.70. The van der Waals surface area contributed by atoms with Crippen molar-refractivity contribution in [3.8, 4) is 0 Å². The number of hydrogen-bond acceptors (Lipinski definition) is 4. The highest BCUT2D eigenvalue weighted by Crippen LogP contribution is 1.50. The summed E-state index contributed by atoms with van der Waals surface area (Å²) in [6.45, 7) is 3.06. The largest absolute Gasteiger partial charge is 0.425 e. The molecule has 0 aromatic carbocycles. The van der Waals surface area contributed by atoms with Crippen LogP contribution < -0.4 is 0 Å². The molecule has 0 atom stereocenters. The van der Waals surface area contributed by atoms with Crippen molar-refractivity contribution in [2.24, 2.45) is 0 Å². The maximum atomic E-state index is 9.44. The maximum Gasteiger partial charge on any atom is 0.425 e. The molecule has 0 spiro atoms. The van der Waals surface area contributed by atoms with Crippen molar-refractivity contribution < 1.29 is 17.4 Å². The molecule has 0 radical (unpaired) electrons. The first-order valence-electron chi connectivity index (χ1n) is 1.70. The normalized spacial score (nSPS) is 6.25. The van der Waals surface area contributed by atoms with Crippen molar-refractivity contribution in [1.82, 2.24) is 0 Å². The van der Waals surface area contributed by atoms with Gasteiger partial charge >= 0.3 is 10.6 Å². The summed E-state index contributed by atoms with van der Waals surface area (Å²) >= 11 is 0. The smallest absolute Gasteiger partial charge is 0.300 e. The Morgan fingerprint density at radius 3 is 1.12 bits per heavy atom. The van der Waals surface area contributed by atoms with Crippen LogP contribution in [-0.2, 0) is 15.4 Å². The standard InChI is InChI=1S/C3H6O.O3S/c1-3(2)4;1-4(2)3/h1-2H3;. The van der Waals surface area contributed by atoms with Crippen LogP contribution in [0.15, 0.2) is 0 Å². The van der Waals surface area contributed by atoms with Crippen molar-refractivity contribution in [1.29, 1.82) is 0 Å². The number of ketones is 1. The van der Waals surface area contributed by atoms with E-state index in [1.165, 1.54) is 13.8 Å². The molecule has 0 fully saturated rings. The van der Waals surface area contributed by atoms with Gasteiger partial charge in [-0.2, -0.15) is 0 Å². The summed E-state index contributed by atoms with van der Waals surface area (Å²) < 4.78 is 25.3. The molecule has 4 nitrogen and oxygen atoms in total.